The summed E-state index contributed by atoms with van der Waals surface area (Å²) in [5.41, 5.74) is 2.35. The molecule has 6 nitrogen and oxygen atoms in total. The number of aliphatic hydroxyl groups excluding tert-OH is 1. The average molecular weight is 401 g/mol. The highest BCUT2D eigenvalue weighted by Gasteiger charge is 2.20. The molecule has 1 heterocycles. The van der Waals surface area contributed by atoms with E-state index in [1.165, 1.54) is 43.2 Å². The lowest BCUT2D eigenvalue weighted by Crippen LogP contribution is -2.40. The van der Waals surface area contributed by atoms with Gasteiger partial charge in [0.2, 0.25) is 0 Å². The van der Waals surface area contributed by atoms with Crippen LogP contribution in [0.4, 0.5) is 0 Å². The lowest BCUT2D eigenvalue weighted by atomic mass is 9.94. The molecule has 2 N–H and O–H groups in total. The Hall–Kier alpha value is -1.89. The molecule has 2 aromatic rings. The summed E-state index contributed by atoms with van der Waals surface area (Å²) in [7, 11) is 2.12. The number of ether oxygens (including phenoxy) is 1. The van der Waals surface area contributed by atoms with Crippen LogP contribution in [0.1, 0.15) is 50.2 Å². The topological polar surface area (TPSA) is 62.6 Å². The smallest absolute Gasteiger partial charge is 0.119 e. The number of nitrogens with zero attached hydrogens (tertiary/aromatic N) is 3. The maximum Gasteiger partial charge on any atom is 0.119 e. The molecule has 0 aliphatic heterocycles. The van der Waals surface area contributed by atoms with E-state index in [0.29, 0.717) is 19.2 Å². The molecule has 6 heteroatoms. The Labute approximate surface area is 174 Å². The SMILES string of the molecule is CCn1cc(CNCc2cccc(OC[C@@H](O)CN(C)C3CCCCC3)c2)cn1. The number of hydrogen-bond donors (Lipinski definition) is 2. The van der Waals surface area contributed by atoms with Gasteiger partial charge in [-0.2, -0.15) is 5.10 Å². The molecule has 0 radical (unpaired) electrons. The van der Waals surface area contributed by atoms with Crippen molar-refractivity contribution in [3.63, 3.8) is 0 Å². The van der Waals surface area contributed by atoms with Gasteiger partial charge in [-0.25, -0.2) is 0 Å². The summed E-state index contributed by atoms with van der Waals surface area (Å²) in [6.45, 7) is 5.52. The largest absolute Gasteiger partial charge is 0.491 e. The van der Waals surface area contributed by atoms with Crippen molar-refractivity contribution in [1.82, 2.24) is 20.0 Å². The minimum Gasteiger partial charge on any atom is -0.491 e. The molecule has 1 aromatic heterocycles. The number of hydrogen-bond acceptors (Lipinski definition) is 5. The molecule has 0 bridgehead atoms. The number of benzene rings is 1. The number of aryl methyl sites for hydroxylation is 1. The van der Waals surface area contributed by atoms with Gasteiger partial charge in [-0.15, -0.1) is 0 Å². The number of likely N-dealkylation sites (N-methyl/N-ethyl adjacent to an activating group) is 1. The van der Waals surface area contributed by atoms with Gasteiger partial charge in [0.15, 0.2) is 0 Å². The molecular formula is C23H36N4O2. The summed E-state index contributed by atoms with van der Waals surface area (Å²) >= 11 is 0. The molecule has 29 heavy (non-hydrogen) atoms. The summed E-state index contributed by atoms with van der Waals surface area (Å²) in [5.74, 6) is 0.808. The summed E-state index contributed by atoms with van der Waals surface area (Å²) in [5, 5.41) is 18.1. The molecule has 3 rings (SSSR count). The van der Waals surface area contributed by atoms with Crippen molar-refractivity contribution in [3.8, 4) is 5.75 Å². The van der Waals surface area contributed by atoms with Crippen LogP contribution in [0.5, 0.6) is 5.75 Å². The van der Waals surface area contributed by atoms with Gasteiger partial charge < -0.3 is 20.1 Å². The van der Waals surface area contributed by atoms with E-state index in [-0.39, 0.29) is 0 Å². The van der Waals surface area contributed by atoms with Crippen molar-refractivity contribution >= 4 is 0 Å². The van der Waals surface area contributed by atoms with Gasteiger partial charge >= 0.3 is 0 Å². The second-order valence-electron chi connectivity index (χ2n) is 8.15. The predicted molar refractivity (Wildman–Crippen MR) is 116 cm³/mol. The Balaban J connectivity index is 1.39. The normalized spacial score (nSPS) is 16.3. The third-order valence-electron chi connectivity index (χ3n) is 5.71. The highest BCUT2D eigenvalue weighted by molar-refractivity contribution is 5.28. The fraction of sp³-hybridized carbons (Fsp3) is 0.609. The number of aliphatic hydroxyl groups is 1. The van der Waals surface area contributed by atoms with Crippen LogP contribution in [-0.2, 0) is 19.6 Å². The van der Waals surface area contributed by atoms with E-state index in [1.807, 2.05) is 29.1 Å². The maximum atomic E-state index is 10.4. The molecule has 160 valence electrons. The van der Waals surface area contributed by atoms with Crippen LogP contribution < -0.4 is 10.1 Å². The predicted octanol–water partition coefficient (Wildman–Crippen LogP) is 3.20. The summed E-state index contributed by atoms with van der Waals surface area (Å²) in [6, 6.07) is 8.69. The van der Waals surface area contributed by atoms with Crippen LogP contribution in [0.15, 0.2) is 36.7 Å². The molecule has 1 aliphatic rings. The van der Waals surface area contributed by atoms with Crippen LogP contribution >= 0.6 is 0 Å². The lowest BCUT2D eigenvalue weighted by molar-refractivity contribution is 0.0561. The zero-order chi connectivity index (χ0) is 20.5. The molecule has 1 atom stereocenters. The van der Waals surface area contributed by atoms with Gasteiger partial charge in [0, 0.05) is 44.0 Å². The van der Waals surface area contributed by atoms with Crippen molar-refractivity contribution in [2.24, 2.45) is 0 Å². The van der Waals surface area contributed by atoms with Gasteiger partial charge in [0.1, 0.15) is 18.5 Å². The third kappa shape index (κ3) is 7.14. The molecule has 0 amide bonds. The van der Waals surface area contributed by atoms with E-state index >= 15 is 0 Å². The Morgan fingerprint density at radius 1 is 1.24 bits per heavy atom. The van der Waals surface area contributed by atoms with Crippen molar-refractivity contribution in [2.45, 2.75) is 70.8 Å². The van der Waals surface area contributed by atoms with Crippen molar-refractivity contribution in [2.75, 3.05) is 20.2 Å². The highest BCUT2D eigenvalue weighted by atomic mass is 16.5. The summed E-state index contributed by atoms with van der Waals surface area (Å²) in [6.07, 6.45) is 9.96. The fourth-order valence-electron chi connectivity index (χ4n) is 4.02. The third-order valence-corrected chi connectivity index (χ3v) is 5.71. The van der Waals surface area contributed by atoms with E-state index in [4.69, 9.17) is 4.74 Å². The van der Waals surface area contributed by atoms with Crippen molar-refractivity contribution in [3.05, 3.63) is 47.8 Å². The fourth-order valence-corrected chi connectivity index (χ4v) is 4.02. The average Bonchev–Trinajstić information content (AvgIpc) is 3.21. The molecule has 0 saturated heterocycles. The first-order chi connectivity index (χ1) is 14.1. The van der Waals surface area contributed by atoms with Crippen LogP contribution in [0, 0.1) is 0 Å². The Morgan fingerprint density at radius 3 is 2.79 bits per heavy atom. The molecule has 1 fully saturated rings. The van der Waals surface area contributed by atoms with E-state index in [2.05, 4.69) is 41.5 Å². The van der Waals surface area contributed by atoms with Crippen LogP contribution in [-0.4, -0.2) is 52.1 Å². The standard InChI is InChI=1S/C23H36N4O2/c1-3-27-16-20(15-25-27)14-24-13-19-8-7-11-23(12-19)29-18-22(28)17-26(2)21-9-5-4-6-10-21/h7-8,11-12,15-16,21-22,24,28H,3-6,9-10,13-14,17-18H2,1-2H3/t22-/m0/s1. The van der Waals surface area contributed by atoms with Gasteiger partial charge in [0.25, 0.3) is 0 Å². The number of rotatable bonds is 11. The Kier molecular flexibility index (Phi) is 8.52. The first-order valence-corrected chi connectivity index (χ1v) is 11.0. The molecule has 1 aromatic carbocycles. The molecular weight excluding hydrogens is 364 g/mol. The molecule has 1 saturated carbocycles. The zero-order valence-corrected chi connectivity index (χ0v) is 17.9. The first-order valence-electron chi connectivity index (χ1n) is 11.0. The lowest BCUT2D eigenvalue weighted by Gasteiger charge is -2.32. The van der Waals surface area contributed by atoms with Crippen LogP contribution in [0.2, 0.25) is 0 Å². The zero-order valence-electron chi connectivity index (χ0n) is 17.9. The van der Waals surface area contributed by atoms with Crippen molar-refractivity contribution < 1.29 is 9.84 Å². The minimum absolute atomic E-state index is 0.324. The molecule has 1 aliphatic carbocycles. The molecule has 0 unspecified atom stereocenters. The summed E-state index contributed by atoms with van der Waals surface area (Å²) < 4.78 is 7.79. The maximum absolute atomic E-state index is 10.4. The van der Waals surface area contributed by atoms with Gasteiger partial charge in [-0.1, -0.05) is 31.4 Å². The summed E-state index contributed by atoms with van der Waals surface area (Å²) in [4.78, 5) is 2.30. The van der Waals surface area contributed by atoms with Crippen LogP contribution in [0.3, 0.4) is 0 Å². The Morgan fingerprint density at radius 2 is 2.03 bits per heavy atom. The quantitative estimate of drug-likeness (QED) is 0.607. The Bertz CT molecular complexity index is 727. The van der Waals surface area contributed by atoms with E-state index in [9.17, 15) is 5.11 Å². The highest BCUT2D eigenvalue weighted by Crippen LogP contribution is 2.21. The first kappa shape index (κ1) is 21.8. The van der Waals surface area contributed by atoms with Gasteiger partial charge in [-0.05, 0) is 44.5 Å². The second kappa shape index (κ2) is 11.3. The second-order valence-corrected chi connectivity index (χ2v) is 8.15. The number of aromatic nitrogens is 2. The van der Waals surface area contributed by atoms with E-state index in [0.717, 1.165) is 25.4 Å². The minimum atomic E-state index is -0.473. The van der Waals surface area contributed by atoms with Crippen molar-refractivity contribution in [1.29, 1.82) is 0 Å². The van der Waals surface area contributed by atoms with E-state index in [1.54, 1.807) is 0 Å². The monoisotopic (exact) mass is 400 g/mol. The van der Waals surface area contributed by atoms with Crippen LogP contribution in [0.25, 0.3) is 0 Å². The number of nitrogens with one attached hydrogen (secondary N) is 1. The van der Waals surface area contributed by atoms with E-state index < -0.39 is 6.10 Å². The van der Waals surface area contributed by atoms with Gasteiger partial charge in [0.05, 0.1) is 6.20 Å². The van der Waals surface area contributed by atoms with Gasteiger partial charge in [-0.3, -0.25) is 4.68 Å². The molecule has 0 spiro atoms.